The molecule has 0 bridgehead atoms. The van der Waals surface area contributed by atoms with Crippen LogP contribution in [0.1, 0.15) is 15.9 Å². The van der Waals surface area contributed by atoms with E-state index in [1.54, 1.807) is 18.3 Å². The minimum atomic E-state index is -0.174. The fourth-order valence-corrected chi connectivity index (χ4v) is 3.49. The Bertz CT molecular complexity index is 1400. The van der Waals surface area contributed by atoms with Crippen LogP contribution in [-0.2, 0) is 6.61 Å². The maximum atomic E-state index is 12.8. The Kier molecular flexibility index (Phi) is 5.76. The number of para-hydroxylation sites is 3. The van der Waals surface area contributed by atoms with E-state index in [-0.39, 0.29) is 5.91 Å². The number of aromatic nitrogens is 2. The third-order valence-corrected chi connectivity index (χ3v) is 5.23. The Hall–Kier alpha value is -4.51. The summed E-state index contributed by atoms with van der Waals surface area (Å²) in [5.74, 6) is 0.641. The molecule has 5 aromatic rings. The second-order valence-electron chi connectivity index (χ2n) is 7.58. The van der Waals surface area contributed by atoms with Gasteiger partial charge in [0, 0.05) is 16.8 Å². The smallest absolute Gasteiger partial charge is 0.255 e. The van der Waals surface area contributed by atoms with Gasteiger partial charge < -0.3 is 10.1 Å². The fraction of sp³-hybridized carbons (Fsp3) is 0.0357. The highest BCUT2D eigenvalue weighted by Gasteiger charge is 2.09. The number of amides is 1. The fourth-order valence-electron chi connectivity index (χ4n) is 3.49. The molecular formula is C28H21N3O2. The van der Waals surface area contributed by atoms with Crippen molar-refractivity contribution in [2.24, 2.45) is 0 Å². The van der Waals surface area contributed by atoms with Crippen molar-refractivity contribution in [2.75, 3.05) is 5.32 Å². The van der Waals surface area contributed by atoms with E-state index in [0.717, 1.165) is 33.6 Å². The molecule has 0 atom stereocenters. The van der Waals surface area contributed by atoms with Crippen molar-refractivity contribution in [2.45, 2.75) is 6.61 Å². The summed E-state index contributed by atoms with van der Waals surface area (Å²) in [6.45, 7) is 0.445. The van der Waals surface area contributed by atoms with Crippen LogP contribution in [-0.4, -0.2) is 15.9 Å². The maximum Gasteiger partial charge on any atom is 0.255 e. The number of rotatable bonds is 6. The number of nitrogens with one attached hydrogen (secondary N) is 1. The van der Waals surface area contributed by atoms with Crippen LogP contribution >= 0.6 is 0 Å². The van der Waals surface area contributed by atoms with Crippen molar-refractivity contribution in [3.8, 4) is 17.0 Å². The molecule has 33 heavy (non-hydrogen) atoms. The minimum Gasteiger partial charge on any atom is -0.489 e. The molecule has 1 aromatic heterocycles. The lowest BCUT2D eigenvalue weighted by molar-refractivity contribution is 0.102. The quantitative estimate of drug-likeness (QED) is 0.351. The number of fused-ring (bicyclic) bond motifs is 1. The average Bonchev–Trinajstić information content (AvgIpc) is 2.88. The van der Waals surface area contributed by atoms with Gasteiger partial charge in [0.15, 0.2) is 0 Å². The highest BCUT2D eigenvalue weighted by molar-refractivity contribution is 6.04. The van der Waals surface area contributed by atoms with E-state index >= 15 is 0 Å². The van der Waals surface area contributed by atoms with Gasteiger partial charge in [-0.15, -0.1) is 0 Å². The predicted octanol–water partition coefficient (Wildman–Crippen LogP) is 6.13. The van der Waals surface area contributed by atoms with Crippen LogP contribution < -0.4 is 10.1 Å². The average molecular weight is 431 g/mol. The molecule has 5 nitrogen and oxygen atoms in total. The monoisotopic (exact) mass is 431 g/mol. The van der Waals surface area contributed by atoms with Crippen LogP contribution in [0.4, 0.5) is 5.69 Å². The number of anilines is 1. The normalized spacial score (nSPS) is 10.7. The number of carbonyl (C=O) groups is 1. The summed E-state index contributed by atoms with van der Waals surface area (Å²) in [7, 11) is 0. The van der Waals surface area contributed by atoms with Crippen LogP contribution in [0.25, 0.3) is 22.3 Å². The first-order valence-electron chi connectivity index (χ1n) is 10.6. The van der Waals surface area contributed by atoms with Gasteiger partial charge in [-0.25, -0.2) is 4.98 Å². The zero-order valence-electron chi connectivity index (χ0n) is 17.8. The van der Waals surface area contributed by atoms with Gasteiger partial charge in [-0.1, -0.05) is 54.6 Å². The summed E-state index contributed by atoms with van der Waals surface area (Å²) < 4.78 is 5.76. The van der Waals surface area contributed by atoms with E-state index in [9.17, 15) is 4.79 Å². The molecule has 0 saturated heterocycles. The number of benzene rings is 4. The Morgan fingerprint density at radius 2 is 1.55 bits per heavy atom. The lowest BCUT2D eigenvalue weighted by Crippen LogP contribution is -2.12. The molecule has 0 spiro atoms. The molecule has 0 aliphatic rings. The molecule has 0 radical (unpaired) electrons. The summed E-state index contributed by atoms with van der Waals surface area (Å²) in [5.41, 5.74) is 5.60. The molecule has 0 saturated carbocycles. The highest BCUT2D eigenvalue weighted by Crippen LogP contribution is 2.23. The van der Waals surface area contributed by atoms with Gasteiger partial charge in [-0.05, 0) is 54.1 Å². The van der Waals surface area contributed by atoms with Crippen LogP contribution in [0, 0.1) is 0 Å². The molecule has 1 N–H and O–H groups in total. The van der Waals surface area contributed by atoms with E-state index in [4.69, 9.17) is 4.74 Å². The van der Waals surface area contributed by atoms with E-state index in [1.165, 1.54) is 0 Å². The Balaban J connectivity index is 1.26. The molecule has 5 heteroatoms. The lowest BCUT2D eigenvalue weighted by Gasteiger charge is -2.09. The first kappa shape index (κ1) is 20.4. The largest absolute Gasteiger partial charge is 0.489 e. The number of hydrogen-bond acceptors (Lipinski definition) is 4. The molecule has 5 rings (SSSR count). The first-order chi connectivity index (χ1) is 16.2. The number of ether oxygens (including phenoxy) is 1. The van der Waals surface area contributed by atoms with Crippen molar-refractivity contribution >= 4 is 22.6 Å². The van der Waals surface area contributed by atoms with Crippen LogP contribution in [0.15, 0.2) is 109 Å². The van der Waals surface area contributed by atoms with Gasteiger partial charge in [-0.3, -0.25) is 9.78 Å². The van der Waals surface area contributed by atoms with Crippen molar-refractivity contribution < 1.29 is 9.53 Å². The highest BCUT2D eigenvalue weighted by atomic mass is 16.5. The van der Waals surface area contributed by atoms with Crippen molar-refractivity contribution in [1.82, 2.24) is 9.97 Å². The standard InChI is InChI=1S/C28H21N3O2/c32-28(21-15-13-20(14-16-21)19-33-24-9-2-1-3-10-24)30-23-8-6-7-22(17-23)27-18-29-25-11-4-5-12-26(25)31-27/h1-18H,19H2,(H,30,32). The van der Waals surface area contributed by atoms with Crippen LogP contribution in [0.5, 0.6) is 5.75 Å². The Morgan fingerprint density at radius 1 is 0.788 bits per heavy atom. The van der Waals surface area contributed by atoms with Gasteiger partial charge in [0.05, 0.1) is 22.9 Å². The summed E-state index contributed by atoms with van der Waals surface area (Å²) >= 11 is 0. The Morgan fingerprint density at radius 3 is 2.36 bits per heavy atom. The molecule has 4 aromatic carbocycles. The van der Waals surface area contributed by atoms with Crippen molar-refractivity contribution in [3.63, 3.8) is 0 Å². The van der Waals surface area contributed by atoms with Crippen LogP contribution in [0.2, 0.25) is 0 Å². The molecule has 1 heterocycles. The van der Waals surface area contributed by atoms with Gasteiger partial charge in [0.25, 0.3) is 5.91 Å². The van der Waals surface area contributed by atoms with E-state index in [1.807, 2.05) is 91.0 Å². The Labute approximate surface area is 191 Å². The summed E-state index contributed by atoms with van der Waals surface area (Å²) in [5, 5.41) is 2.96. The van der Waals surface area contributed by atoms with Gasteiger partial charge in [0.1, 0.15) is 12.4 Å². The molecule has 160 valence electrons. The summed E-state index contributed by atoms with van der Waals surface area (Å²) in [6, 6.07) is 32.4. The number of carbonyl (C=O) groups excluding carboxylic acids is 1. The number of hydrogen-bond donors (Lipinski definition) is 1. The molecule has 0 aliphatic carbocycles. The van der Waals surface area contributed by atoms with Crippen molar-refractivity contribution in [1.29, 1.82) is 0 Å². The molecule has 0 aliphatic heterocycles. The zero-order chi connectivity index (χ0) is 22.5. The molecule has 1 amide bonds. The SMILES string of the molecule is O=C(Nc1cccc(-c2cnc3ccccc3n2)c1)c1ccc(COc2ccccc2)cc1. The third-order valence-electron chi connectivity index (χ3n) is 5.23. The third kappa shape index (κ3) is 4.88. The molecule has 0 unspecified atom stereocenters. The topological polar surface area (TPSA) is 64.1 Å². The van der Waals surface area contributed by atoms with E-state index in [2.05, 4.69) is 15.3 Å². The van der Waals surface area contributed by atoms with Crippen molar-refractivity contribution in [3.05, 3.63) is 120 Å². The van der Waals surface area contributed by atoms with Gasteiger partial charge in [0.2, 0.25) is 0 Å². The summed E-state index contributed by atoms with van der Waals surface area (Å²) in [4.78, 5) is 21.9. The van der Waals surface area contributed by atoms with E-state index in [0.29, 0.717) is 17.9 Å². The molecular weight excluding hydrogens is 410 g/mol. The minimum absolute atomic E-state index is 0.174. The molecule has 0 fully saturated rings. The maximum absolute atomic E-state index is 12.8. The zero-order valence-corrected chi connectivity index (χ0v) is 17.8. The van der Waals surface area contributed by atoms with Gasteiger partial charge in [-0.2, -0.15) is 0 Å². The van der Waals surface area contributed by atoms with Gasteiger partial charge >= 0.3 is 0 Å². The summed E-state index contributed by atoms with van der Waals surface area (Å²) in [6.07, 6.45) is 1.75. The van der Waals surface area contributed by atoms with Crippen LogP contribution in [0.3, 0.4) is 0 Å². The second-order valence-corrected chi connectivity index (χ2v) is 7.58. The first-order valence-corrected chi connectivity index (χ1v) is 10.6. The van der Waals surface area contributed by atoms with E-state index < -0.39 is 0 Å². The second kappa shape index (κ2) is 9.32. The lowest BCUT2D eigenvalue weighted by atomic mass is 10.1. The predicted molar refractivity (Wildman–Crippen MR) is 130 cm³/mol. The number of nitrogens with zero attached hydrogens (tertiary/aromatic N) is 2.